The fourth-order valence-electron chi connectivity index (χ4n) is 2.78. The Bertz CT molecular complexity index is 517. The summed E-state index contributed by atoms with van der Waals surface area (Å²) in [6.45, 7) is 0. The lowest BCUT2D eigenvalue weighted by Gasteiger charge is -2.33. The molecule has 0 aromatic heterocycles. The second kappa shape index (κ2) is 4.28. The van der Waals surface area contributed by atoms with Crippen LogP contribution in [0.4, 0.5) is 10.5 Å². The minimum absolute atomic E-state index is 0.0143. The fourth-order valence-corrected chi connectivity index (χ4v) is 2.96. The maximum absolute atomic E-state index is 12.4. The molecule has 4 nitrogen and oxygen atoms in total. The van der Waals surface area contributed by atoms with E-state index in [9.17, 15) is 9.59 Å². The SMILES string of the molecule is O=C1N[C@H]2CCC[C@H]2C(=O)N1c1cccc(Cl)c1. The lowest BCUT2D eigenvalue weighted by molar-refractivity contribution is -0.122. The third-order valence-electron chi connectivity index (χ3n) is 3.63. The van der Waals surface area contributed by atoms with Crippen LogP contribution in [-0.4, -0.2) is 18.0 Å². The van der Waals surface area contributed by atoms with Crippen LogP contribution in [0.25, 0.3) is 0 Å². The zero-order valence-electron chi connectivity index (χ0n) is 9.73. The van der Waals surface area contributed by atoms with Gasteiger partial charge in [-0.25, -0.2) is 9.69 Å². The van der Waals surface area contributed by atoms with Crippen molar-refractivity contribution in [2.45, 2.75) is 25.3 Å². The summed E-state index contributed by atoms with van der Waals surface area (Å²) >= 11 is 5.90. The van der Waals surface area contributed by atoms with Crippen LogP contribution < -0.4 is 10.2 Å². The Morgan fingerprint density at radius 3 is 2.89 bits per heavy atom. The number of nitrogens with one attached hydrogen (secondary N) is 1. The first-order valence-electron chi connectivity index (χ1n) is 6.07. The van der Waals surface area contributed by atoms with Gasteiger partial charge in [-0.2, -0.15) is 0 Å². The predicted octanol–water partition coefficient (Wildman–Crippen LogP) is 2.56. The van der Waals surface area contributed by atoms with Crippen molar-refractivity contribution in [2.75, 3.05) is 4.90 Å². The normalized spacial score (nSPS) is 27.1. The first-order valence-corrected chi connectivity index (χ1v) is 6.44. The van der Waals surface area contributed by atoms with Crippen LogP contribution in [0.2, 0.25) is 5.02 Å². The van der Waals surface area contributed by atoms with Crippen molar-refractivity contribution in [2.24, 2.45) is 5.92 Å². The molecule has 2 aliphatic rings. The van der Waals surface area contributed by atoms with Crippen LogP contribution in [-0.2, 0) is 4.79 Å². The minimum atomic E-state index is -0.342. The molecule has 0 spiro atoms. The zero-order valence-corrected chi connectivity index (χ0v) is 10.5. The van der Waals surface area contributed by atoms with E-state index in [4.69, 9.17) is 11.6 Å². The van der Waals surface area contributed by atoms with Gasteiger partial charge in [-0.15, -0.1) is 0 Å². The predicted molar refractivity (Wildman–Crippen MR) is 68.6 cm³/mol. The number of imide groups is 1. The molecule has 94 valence electrons. The molecule has 1 aromatic carbocycles. The van der Waals surface area contributed by atoms with Crippen LogP contribution >= 0.6 is 11.6 Å². The van der Waals surface area contributed by atoms with Crippen molar-refractivity contribution in [1.82, 2.24) is 5.32 Å². The van der Waals surface area contributed by atoms with Crippen molar-refractivity contribution < 1.29 is 9.59 Å². The van der Waals surface area contributed by atoms with Gasteiger partial charge in [0, 0.05) is 11.1 Å². The number of hydrogen-bond donors (Lipinski definition) is 1. The highest BCUT2D eigenvalue weighted by Crippen LogP contribution is 2.33. The van der Waals surface area contributed by atoms with Gasteiger partial charge in [-0.3, -0.25) is 4.79 Å². The molecule has 1 aliphatic carbocycles. The summed E-state index contributed by atoms with van der Waals surface area (Å²) in [5, 5.41) is 3.42. The Morgan fingerprint density at radius 2 is 2.11 bits per heavy atom. The molecule has 1 heterocycles. The largest absolute Gasteiger partial charge is 0.334 e. The van der Waals surface area contributed by atoms with Crippen molar-refractivity contribution in [1.29, 1.82) is 0 Å². The molecule has 1 aliphatic heterocycles. The Labute approximate surface area is 110 Å². The van der Waals surface area contributed by atoms with E-state index in [1.54, 1.807) is 24.3 Å². The molecule has 0 unspecified atom stereocenters. The summed E-state index contributed by atoms with van der Waals surface area (Å²) in [4.78, 5) is 25.6. The first kappa shape index (κ1) is 11.5. The van der Waals surface area contributed by atoms with E-state index < -0.39 is 0 Å². The molecular weight excluding hydrogens is 252 g/mol. The number of halogens is 1. The summed E-state index contributed by atoms with van der Waals surface area (Å²) in [7, 11) is 0. The van der Waals surface area contributed by atoms with Crippen LogP contribution in [0.5, 0.6) is 0 Å². The lowest BCUT2D eigenvalue weighted by atomic mass is 9.99. The van der Waals surface area contributed by atoms with Crippen LogP contribution in [0.1, 0.15) is 19.3 Å². The molecule has 2 atom stereocenters. The second-order valence-corrected chi connectivity index (χ2v) is 5.18. The van der Waals surface area contributed by atoms with Crippen LogP contribution in [0.3, 0.4) is 0 Å². The van der Waals surface area contributed by atoms with E-state index >= 15 is 0 Å². The van der Waals surface area contributed by atoms with Gasteiger partial charge >= 0.3 is 6.03 Å². The smallest absolute Gasteiger partial charge is 0.328 e. The number of amides is 3. The number of urea groups is 1. The monoisotopic (exact) mass is 264 g/mol. The molecule has 18 heavy (non-hydrogen) atoms. The van der Waals surface area contributed by atoms with E-state index in [2.05, 4.69) is 5.32 Å². The first-order chi connectivity index (χ1) is 8.66. The van der Waals surface area contributed by atoms with E-state index in [0.29, 0.717) is 10.7 Å². The molecule has 1 saturated heterocycles. The van der Waals surface area contributed by atoms with Crippen molar-refractivity contribution >= 4 is 29.2 Å². The molecule has 0 bridgehead atoms. The fraction of sp³-hybridized carbons (Fsp3) is 0.385. The van der Waals surface area contributed by atoms with Gasteiger partial charge in [0.15, 0.2) is 0 Å². The summed E-state index contributed by atoms with van der Waals surface area (Å²) in [5.41, 5.74) is 0.537. The highest BCUT2D eigenvalue weighted by atomic mass is 35.5. The number of hydrogen-bond acceptors (Lipinski definition) is 2. The molecule has 5 heteroatoms. The molecule has 3 rings (SSSR count). The maximum atomic E-state index is 12.4. The molecular formula is C13H13ClN2O2. The average Bonchev–Trinajstić information content (AvgIpc) is 2.77. The van der Waals surface area contributed by atoms with E-state index in [-0.39, 0.29) is 23.9 Å². The summed E-state index contributed by atoms with van der Waals surface area (Å²) in [6.07, 6.45) is 2.73. The topological polar surface area (TPSA) is 49.4 Å². The number of benzene rings is 1. The molecule has 1 N–H and O–H groups in total. The number of fused-ring (bicyclic) bond motifs is 1. The Hall–Kier alpha value is -1.55. The van der Waals surface area contributed by atoms with Crippen LogP contribution in [0.15, 0.2) is 24.3 Å². The highest BCUT2D eigenvalue weighted by Gasteiger charge is 2.43. The molecule has 1 aromatic rings. The summed E-state index contributed by atoms with van der Waals surface area (Å²) < 4.78 is 0. The minimum Gasteiger partial charge on any atom is -0.334 e. The van der Waals surface area contributed by atoms with Crippen molar-refractivity contribution in [3.63, 3.8) is 0 Å². The average molecular weight is 265 g/mol. The molecule has 2 fully saturated rings. The zero-order chi connectivity index (χ0) is 12.7. The number of anilines is 1. The number of carbonyl (C=O) groups excluding carboxylic acids is 2. The van der Waals surface area contributed by atoms with Gasteiger partial charge in [0.1, 0.15) is 0 Å². The molecule has 1 saturated carbocycles. The standard InChI is InChI=1S/C13H13ClN2O2/c14-8-3-1-4-9(7-8)16-12(17)10-5-2-6-11(10)15-13(16)18/h1,3-4,7,10-11H,2,5-6H2,(H,15,18)/t10-,11+/m1/s1. The second-order valence-electron chi connectivity index (χ2n) is 4.75. The summed E-state index contributed by atoms with van der Waals surface area (Å²) in [5.74, 6) is -0.190. The molecule has 3 amide bonds. The van der Waals surface area contributed by atoms with Gasteiger partial charge in [-0.1, -0.05) is 24.1 Å². The summed E-state index contributed by atoms with van der Waals surface area (Å²) in [6, 6.07) is 6.48. The Balaban J connectivity index is 1.96. The Kier molecular flexibility index (Phi) is 2.74. The van der Waals surface area contributed by atoms with Gasteiger partial charge < -0.3 is 5.32 Å². The third-order valence-corrected chi connectivity index (χ3v) is 3.87. The number of nitrogens with zero attached hydrogens (tertiary/aromatic N) is 1. The van der Waals surface area contributed by atoms with E-state index in [1.807, 2.05) is 0 Å². The highest BCUT2D eigenvalue weighted by molar-refractivity contribution is 6.31. The number of rotatable bonds is 1. The Morgan fingerprint density at radius 1 is 1.28 bits per heavy atom. The number of carbonyl (C=O) groups is 2. The molecule has 0 radical (unpaired) electrons. The van der Waals surface area contributed by atoms with Crippen molar-refractivity contribution in [3.8, 4) is 0 Å². The lowest BCUT2D eigenvalue weighted by Crippen LogP contribution is -2.58. The van der Waals surface area contributed by atoms with Crippen LogP contribution in [0, 0.1) is 5.92 Å². The van der Waals surface area contributed by atoms with E-state index in [0.717, 1.165) is 19.3 Å². The van der Waals surface area contributed by atoms with Gasteiger partial charge in [-0.05, 0) is 31.0 Å². The quantitative estimate of drug-likeness (QED) is 0.847. The van der Waals surface area contributed by atoms with Crippen molar-refractivity contribution in [3.05, 3.63) is 29.3 Å². The van der Waals surface area contributed by atoms with E-state index in [1.165, 1.54) is 4.90 Å². The van der Waals surface area contributed by atoms with Gasteiger partial charge in [0.25, 0.3) is 0 Å². The maximum Gasteiger partial charge on any atom is 0.328 e. The third kappa shape index (κ3) is 1.77. The van der Waals surface area contributed by atoms with Gasteiger partial charge in [0.05, 0.1) is 11.6 Å². The van der Waals surface area contributed by atoms with Gasteiger partial charge in [0.2, 0.25) is 5.91 Å².